The number of rotatable bonds is 8. The molecule has 0 saturated carbocycles. The first-order valence-corrected chi connectivity index (χ1v) is 8.53. The second kappa shape index (κ2) is 8.49. The van der Waals surface area contributed by atoms with Crippen LogP contribution < -0.4 is 5.73 Å². The molecule has 1 heterocycles. The Labute approximate surface area is 145 Å². The maximum absolute atomic E-state index is 12.2. The smallest absolute Gasteiger partial charge is 0.233 e. The largest absolute Gasteiger partial charge is 0.370 e. The van der Waals surface area contributed by atoms with E-state index in [1.165, 1.54) is 11.8 Å². The van der Waals surface area contributed by atoms with Crippen LogP contribution in [0, 0.1) is 0 Å². The van der Waals surface area contributed by atoms with Gasteiger partial charge in [-0.2, -0.15) is 0 Å². The van der Waals surface area contributed by atoms with Crippen LogP contribution in [0.3, 0.4) is 0 Å². The zero-order chi connectivity index (χ0) is 17.5. The Kier molecular flexibility index (Phi) is 6.36. The standard InChI is InChI=1S/C16H21N5O2S/c1-20(10-12-6-4-3-5-7-12)15(23)11-24-16-19-18-14(21(16)2)9-8-13(17)22/h3-7H,8-11H2,1-2H3,(H2,17,22). The molecule has 0 aliphatic heterocycles. The minimum atomic E-state index is -0.370. The maximum Gasteiger partial charge on any atom is 0.233 e. The molecule has 0 aliphatic carbocycles. The first kappa shape index (κ1) is 18.0. The van der Waals surface area contributed by atoms with Crippen molar-refractivity contribution in [1.29, 1.82) is 0 Å². The van der Waals surface area contributed by atoms with Crippen molar-refractivity contribution in [2.45, 2.75) is 24.5 Å². The molecular weight excluding hydrogens is 326 g/mol. The summed E-state index contributed by atoms with van der Waals surface area (Å²) in [5, 5.41) is 8.75. The van der Waals surface area contributed by atoms with E-state index >= 15 is 0 Å². The van der Waals surface area contributed by atoms with Crippen molar-refractivity contribution >= 4 is 23.6 Å². The highest BCUT2D eigenvalue weighted by Gasteiger charge is 2.14. The van der Waals surface area contributed by atoms with Gasteiger partial charge in [-0.3, -0.25) is 9.59 Å². The summed E-state index contributed by atoms with van der Waals surface area (Å²) in [6.07, 6.45) is 0.677. The Hall–Kier alpha value is -2.35. The maximum atomic E-state index is 12.2. The Balaban J connectivity index is 1.86. The van der Waals surface area contributed by atoms with Crippen LogP contribution in [0.5, 0.6) is 0 Å². The molecule has 8 heteroatoms. The fourth-order valence-corrected chi connectivity index (χ4v) is 2.98. The number of hydrogen-bond donors (Lipinski definition) is 1. The van der Waals surface area contributed by atoms with Gasteiger partial charge in [-0.1, -0.05) is 42.1 Å². The quantitative estimate of drug-likeness (QED) is 0.719. The van der Waals surface area contributed by atoms with E-state index in [1.807, 2.05) is 37.4 Å². The van der Waals surface area contributed by atoms with Crippen LogP contribution in [0.15, 0.2) is 35.5 Å². The molecule has 0 aliphatic rings. The molecule has 0 spiro atoms. The Morgan fingerprint density at radius 1 is 1.25 bits per heavy atom. The van der Waals surface area contributed by atoms with Gasteiger partial charge in [-0.05, 0) is 5.56 Å². The highest BCUT2D eigenvalue weighted by Crippen LogP contribution is 2.17. The highest BCUT2D eigenvalue weighted by molar-refractivity contribution is 7.99. The molecule has 2 rings (SSSR count). The van der Waals surface area contributed by atoms with Gasteiger partial charge < -0.3 is 15.2 Å². The number of carbonyl (C=O) groups is 2. The lowest BCUT2D eigenvalue weighted by molar-refractivity contribution is -0.127. The van der Waals surface area contributed by atoms with Crippen LogP contribution in [0.2, 0.25) is 0 Å². The number of benzene rings is 1. The molecule has 0 bridgehead atoms. The van der Waals surface area contributed by atoms with Crippen LogP contribution in [-0.4, -0.2) is 44.3 Å². The first-order valence-electron chi connectivity index (χ1n) is 7.54. The van der Waals surface area contributed by atoms with Gasteiger partial charge in [0.25, 0.3) is 0 Å². The fourth-order valence-electron chi connectivity index (χ4n) is 2.11. The number of thioether (sulfide) groups is 1. The van der Waals surface area contributed by atoms with Crippen molar-refractivity contribution in [1.82, 2.24) is 19.7 Å². The van der Waals surface area contributed by atoms with Crippen LogP contribution in [0.25, 0.3) is 0 Å². The molecule has 2 aromatic rings. The summed E-state index contributed by atoms with van der Waals surface area (Å²) in [5.74, 6) is 0.613. The van der Waals surface area contributed by atoms with Gasteiger partial charge in [0, 0.05) is 33.5 Å². The first-order chi connectivity index (χ1) is 11.5. The predicted octanol–water partition coefficient (Wildman–Crippen LogP) is 0.984. The van der Waals surface area contributed by atoms with Crippen molar-refractivity contribution < 1.29 is 9.59 Å². The molecule has 0 saturated heterocycles. The Morgan fingerprint density at radius 3 is 2.62 bits per heavy atom. The molecule has 2 amide bonds. The molecule has 128 valence electrons. The SMILES string of the molecule is CN(Cc1ccccc1)C(=O)CSc1nnc(CCC(N)=O)n1C. The number of nitrogens with two attached hydrogens (primary N) is 1. The molecule has 0 unspecified atom stereocenters. The van der Waals surface area contributed by atoms with E-state index < -0.39 is 0 Å². The van der Waals surface area contributed by atoms with Gasteiger partial charge in [0.15, 0.2) is 5.16 Å². The number of amides is 2. The summed E-state index contributed by atoms with van der Waals surface area (Å²) in [7, 11) is 3.60. The number of nitrogens with zero attached hydrogens (tertiary/aromatic N) is 4. The fraction of sp³-hybridized carbons (Fsp3) is 0.375. The summed E-state index contributed by atoms with van der Waals surface area (Å²) in [6, 6.07) is 9.84. The third-order valence-corrected chi connectivity index (χ3v) is 4.54. The molecule has 2 N–H and O–H groups in total. The van der Waals surface area contributed by atoms with E-state index in [0.717, 1.165) is 5.56 Å². The molecule has 0 radical (unpaired) electrons. The second-order valence-electron chi connectivity index (χ2n) is 5.45. The van der Waals surface area contributed by atoms with Crippen molar-refractivity contribution in [2.75, 3.05) is 12.8 Å². The third kappa shape index (κ3) is 5.09. The number of hydrogen-bond acceptors (Lipinski definition) is 5. The van der Waals surface area contributed by atoms with Crippen LogP contribution >= 0.6 is 11.8 Å². The van der Waals surface area contributed by atoms with E-state index in [0.29, 0.717) is 23.9 Å². The molecule has 1 aromatic heterocycles. The molecule has 0 atom stereocenters. The van der Waals surface area contributed by atoms with Gasteiger partial charge in [-0.15, -0.1) is 10.2 Å². The zero-order valence-corrected chi connectivity index (χ0v) is 14.6. The van der Waals surface area contributed by atoms with Crippen molar-refractivity contribution in [3.8, 4) is 0 Å². The van der Waals surface area contributed by atoms with Gasteiger partial charge in [0.05, 0.1) is 5.75 Å². The average molecular weight is 347 g/mol. The van der Waals surface area contributed by atoms with E-state index in [9.17, 15) is 9.59 Å². The normalized spacial score (nSPS) is 10.6. The summed E-state index contributed by atoms with van der Waals surface area (Å²) in [5.41, 5.74) is 6.23. The Bertz CT molecular complexity index is 702. The van der Waals surface area contributed by atoms with Gasteiger partial charge in [0.2, 0.25) is 11.8 Å². The summed E-state index contributed by atoms with van der Waals surface area (Å²) < 4.78 is 1.79. The molecular formula is C16H21N5O2S. The van der Waals surface area contributed by atoms with E-state index in [-0.39, 0.29) is 24.0 Å². The van der Waals surface area contributed by atoms with Crippen LogP contribution in [0.1, 0.15) is 17.8 Å². The lowest BCUT2D eigenvalue weighted by Gasteiger charge is -2.16. The van der Waals surface area contributed by atoms with E-state index in [2.05, 4.69) is 10.2 Å². The highest BCUT2D eigenvalue weighted by atomic mass is 32.2. The van der Waals surface area contributed by atoms with Gasteiger partial charge in [-0.25, -0.2) is 0 Å². The minimum Gasteiger partial charge on any atom is -0.370 e. The van der Waals surface area contributed by atoms with Crippen molar-refractivity contribution in [3.63, 3.8) is 0 Å². The number of primary amides is 1. The molecule has 7 nitrogen and oxygen atoms in total. The lowest BCUT2D eigenvalue weighted by Crippen LogP contribution is -2.27. The lowest BCUT2D eigenvalue weighted by atomic mass is 10.2. The number of carbonyl (C=O) groups excluding carboxylic acids is 2. The zero-order valence-electron chi connectivity index (χ0n) is 13.8. The molecule has 1 aromatic carbocycles. The van der Waals surface area contributed by atoms with Gasteiger partial charge >= 0.3 is 0 Å². The average Bonchev–Trinajstić information content (AvgIpc) is 2.91. The molecule has 0 fully saturated rings. The monoisotopic (exact) mass is 347 g/mol. The third-order valence-electron chi connectivity index (χ3n) is 3.53. The second-order valence-corrected chi connectivity index (χ2v) is 6.39. The minimum absolute atomic E-state index is 0.0190. The van der Waals surface area contributed by atoms with Gasteiger partial charge in [0.1, 0.15) is 5.82 Å². The number of aromatic nitrogens is 3. The van der Waals surface area contributed by atoms with E-state index in [1.54, 1.807) is 16.5 Å². The summed E-state index contributed by atoms with van der Waals surface area (Å²) in [6.45, 7) is 0.572. The number of aryl methyl sites for hydroxylation is 1. The molecule has 24 heavy (non-hydrogen) atoms. The summed E-state index contributed by atoms with van der Waals surface area (Å²) >= 11 is 1.33. The van der Waals surface area contributed by atoms with Crippen LogP contribution in [-0.2, 0) is 29.6 Å². The van der Waals surface area contributed by atoms with E-state index in [4.69, 9.17) is 5.73 Å². The summed E-state index contributed by atoms with van der Waals surface area (Å²) in [4.78, 5) is 24.8. The Morgan fingerprint density at radius 2 is 1.96 bits per heavy atom. The topological polar surface area (TPSA) is 94.1 Å². The van der Waals surface area contributed by atoms with Crippen molar-refractivity contribution in [3.05, 3.63) is 41.7 Å². The van der Waals surface area contributed by atoms with Crippen molar-refractivity contribution in [2.24, 2.45) is 12.8 Å². The van der Waals surface area contributed by atoms with Crippen LogP contribution in [0.4, 0.5) is 0 Å². The predicted molar refractivity (Wildman–Crippen MR) is 92.2 cm³/mol.